The minimum Gasteiger partial charge on any atom is -0.342 e. The number of piperazine rings is 1. The number of para-hydroxylation sites is 1. The van der Waals surface area contributed by atoms with Gasteiger partial charge in [-0.2, -0.15) is 4.31 Å². The molecule has 174 valence electrons. The van der Waals surface area contributed by atoms with Crippen LogP contribution in [-0.4, -0.2) is 61.6 Å². The highest BCUT2D eigenvalue weighted by Crippen LogP contribution is 2.24. The summed E-state index contributed by atoms with van der Waals surface area (Å²) in [5.41, 5.74) is 4.14. The third kappa shape index (κ3) is 4.68. The zero-order valence-corrected chi connectivity index (χ0v) is 20.0. The van der Waals surface area contributed by atoms with Crippen LogP contribution >= 0.6 is 0 Å². The van der Waals surface area contributed by atoms with Crippen molar-refractivity contribution in [3.63, 3.8) is 0 Å². The maximum atomic E-state index is 12.9. The highest BCUT2D eigenvalue weighted by molar-refractivity contribution is 7.89. The van der Waals surface area contributed by atoms with Crippen LogP contribution in [0.15, 0.2) is 94.9 Å². The molecule has 0 bridgehead atoms. The lowest BCUT2D eigenvalue weighted by Crippen LogP contribution is -2.46. The summed E-state index contributed by atoms with van der Waals surface area (Å²) in [4.78, 5) is 7.09. The van der Waals surface area contributed by atoms with Gasteiger partial charge in [-0.1, -0.05) is 48.5 Å². The second kappa shape index (κ2) is 9.54. The average molecular weight is 473 g/mol. The van der Waals surface area contributed by atoms with Crippen molar-refractivity contribution in [2.24, 2.45) is 4.99 Å². The van der Waals surface area contributed by atoms with E-state index in [1.54, 1.807) is 28.6 Å². The first-order chi connectivity index (χ1) is 16.5. The minimum atomic E-state index is -3.47. The van der Waals surface area contributed by atoms with E-state index in [1.807, 2.05) is 31.5 Å². The molecule has 0 saturated carbocycles. The Kier molecular flexibility index (Phi) is 6.32. The molecule has 6 nitrogen and oxygen atoms in total. The monoisotopic (exact) mass is 472 g/mol. The van der Waals surface area contributed by atoms with Crippen molar-refractivity contribution in [1.82, 2.24) is 13.8 Å². The van der Waals surface area contributed by atoms with Crippen LogP contribution in [0, 0.1) is 0 Å². The maximum absolute atomic E-state index is 12.9. The summed E-state index contributed by atoms with van der Waals surface area (Å²) in [5.74, 6) is 0. The SMILES string of the molecule is CN1CCN(S(=O)(=O)c2ccc(N=Cc3cn(Cc4ccccc4)c4ccccc34)cc2)CC1. The first-order valence-electron chi connectivity index (χ1n) is 11.5. The normalized spacial score (nSPS) is 15.9. The number of sulfonamides is 1. The Balaban J connectivity index is 1.37. The molecule has 34 heavy (non-hydrogen) atoms. The van der Waals surface area contributed by atoms with E-state index in [2.05, 4.69) is 57.1 Å². The Morgan fingerprint density at radius 2 is 1.53 bits per heavy atom. The Hall–Kier alpha value is -3.26. The number of aromatic nitrogens is 1. The van der Waals surface area contributed by atoms with Gasteiger partial charge in [-0.15, -0.1) is 0 Å². The quantitative estimate of drug-likeness (QED) is 0.392. The van der Waals surface area contributed by atoms with Crippen LogP contribution in [-0.2, 0) is 16.6 Å². The van der Waals surface area contributed by atoms with Crippen LogP contribution in [0.5, 0.6) is 0 Å². The molecule has 1 aliphatic heterocycles. The van der Waals surface area contributed by atoms with E-state index >= 15 is 0 Å². The van der Waals surface area contributed by atoms with Crippen molar-refractivity contribution in [3.8, 4) is 0 Å². The van der Waals surface area contributed by atoms with E-state index in [4.69, 9.17) is 0 Å². The Morgan fingerprint density at radius 3 is 2.26 bits per heavy atom. The van der Waals surface area contributed by atoms with Gasteiger partial charge in [-0.25, -0.2) is 8.42 Å². The first-order valence-corrected chi connectivity index (χ1v) is 12.9. The molecule has 0 aliphatic carbocycles. The van der Waals surface area contributed by atoms with Crippen LogP contribution < -0.4 is 0 Å². The molecule has 2 heterocycles. The third-order valence-corrected chi connectivity index (χ3v) is 8.22. The summed E-state index contributed by atoms with van der Waals surface area (Å²) in [7, 11) is -1.46. The number of benzene rings is 3. The van der Waals surface area contributed by atoms with Crippen LogP contribution in [0.4, 0.5) is 5.69 Å². The maximum Gasteiger partial charge on any atom is 0.243 e. The van der Waals surface area contributed by atoms with Gasteiger partial charge in [0.05, 0.1) is 10.6 Å². The van der Waals surface area contributed by atoms with E-state index in [0.717, 1.165) is 41.8 Å². The molecule has 0 amide bonds. The lowest BCUT2D eigenvalue weighted by molar-refractivity contribution is 0.222. The van der Waals surface area contributed by atoms with Crippen LogP contribution in [0.3, 0.4) is 0 Å². The number of fused-ring (bicyclic) bond motifs is 1. The molecule has 1 aromatic heterocycles. The fraction of sp³-hybridized carbons (Fsp3) is 0.222. The topological polar surface area (TPSA) is 57.9 Å². The van der Waals surface area contributed by atoms with Crippen molar-refractivity contribution in [2.45, 2.75) is 11.4 Å². The van der Waals surface area contributed by atoms with Crippen molar-refractivity contribution >= 4 is 32.8 Å². The van der Waals surface area contributed by atoms with Crippen molar-refractivity contribution in [1.29, 1.82) is 0 Å². The lowest BCUT2D eigenvalue weighted by Gasteiger charge is -2.31. The molecular formula is C27H28N4O2S. The van der Waals surface area contributed by atoms with Gasteiger partial charge in [0.1, 0.15) is 0 Å². The fourth-order valence-electron chi connectivity index (χ4n) is 4.31. The van der Waals surface area contributed by atoms with Gasteiger partial charge in [0.2, 0.25) is 10.0 Å². The van der Waals surface area contributed by atoms with Crippen LogP contribution in [0.25, 0.3) is 10.9 Å². The largest absolute Gasteiger partial charge is 0.342 e. The van der Waals surface area contributed by atoms with Gasteiger partial charge >= 0.3 is 0 Å². The predicted octanol–water partition coefficient (Wildman–Crippen LogP) is 4.38. The number of rotatable bonds is 6. The summed E-state index contributed by atoms with van der Waals surface area (Å²) < 4.78 is 29.7. The van der Waals surface area contributed by atoms with Gasteiger partial charge in [0.15, 0.2) is 0 Å². The number of hydrogen-bond acceptors (Lipinski definition) is 4. The van der Waals surface area contributed by atoms with Gasteiger partial charge in [0, 0.05) is 61.6 Å². The van der Waals surface area contributed by atoms with E-state index in [-0.39, 0.29) is 0 Å². The van der Waals surface area contributed by atoms with E-state index in [0.29, 0.717) is 18.0 Å². The van der Waals surface area contributed by atoms with Crippen LogP contribution in [0.2, 0.25) is 0 Å². The number of likely N-dealkylation sites (N-methyl/N-ethyl adjacent to an activating group) is 1. The minimum absolute atomic E-state index is 0.315. The van der Waals surface area contributed by atoms with E-state index in [1.165, 1.54) is 5.56 Å². The molecular weight excluding hydrogens is 444 g/mol. The molecule has 0 radical (unpaired) electrons. The highest BCUT2D eigenvalue weighted by Gasteiger charge is 2.27. The van der Waals surface area contributed by atoms with Gasteiger partial charge < -0.3 is 9.47 Å². The van der Waals surface area contributed by atoms with E-state index < -0.39 is 10.0 Å². The van der Waals surface area contributed by atoms with Crippen molar-refractivity contribution in [2.75, 3.05) is 33.2 Å². The summed E-state index contributed by atoms with van der Waals surface area (Å²) in [6, 6.07) is 25.5. The van der Waals surface area contributed by atoms with Gasteiger partial charge in [0.25, 0.3) is 0 Å². The number of nitrogens with zero attached hydrogens (tertiary/aromatic N) is 4. The molecule has 0 N–H and O–H groups in total. The van der Waals surface area contributed by atoms with Gasteiger partial charge in [-0.3, -0.25) is 4.99 Å². The fourth-order valence-corrected chi connectivity index (χ4v) is 5.74. The average Bonchev–Trinajstić information content (AvgIpc) is 3.21. The predicted molar refractivity (Wildman–Crippen MR) is 137 cm³/mol. The molecule has 7 heteroatoms. The smallest absolute Gasteiger partial charge is 0.243 e. The van der Waals surface area contributed by atoms with Crippen molar-refractivity contribution < 1.29 is 8.42 Å². The van der Waals surface area contributed by atoms with E-state index in [9.17, 15) is 8.42 Å². The Morgan fingerprint density at radius 1 is 0.853 bits per heavy atom. The standard InChI is InChI=1S/C27H28N4O2S/c1-29-15-17-31(18-16-29)34(32,33)25-13-11-24(12-14-25)28-19-23-21-30(20-22-7-3-2-4-8-22)27-10-6-5-9-26(23)27/h2-14,19,21H,15-18,20H2,1H3. The molecule has 3 aromatic carbocycles. The zero-order valence-electron chi connectivity index (χ0n) is 19.2. The van der Waals surface area contributed by atoms with Gasteiger partial charge in [-0.05, 0) is 42.9 Å². The zero-order chi connectivity index (χ0) is 23.5. The third-order valence-electron chi connectivity index (χ3n) is 6.30. The molecule has 0 spiro atoms. The molecule has 4 aromatic rings. The van der Waals surface area contributed by atoms with Crippen molar-refractivity contribution in [3.05, 3.63) is 96.2 Å². The van der Waals surface area contributed by atoms with Crippen LogP contribution in [0.1, 0.15) is 11.1 Å². The molecule has 1 aliphatic rings. The summed E-state index contributed by atoms with van der Waals surface area (Å²) >= 11 is 0. The molecule has 0 atom stereocenters. The second-order valence-electron chi connectivity index (χ2n) is 8.67. The Labute approximate surface area is 200 Å². The lowest BCUT2D eigenvalue weighted by atomic mass is 10.2. The summed E-state index contributed by atoms with van der Waals surface area (Å²) in [6.45, 7) is 3.32. The summed E-state index contributed by atoms with van der Waals surface area (Å²) in [6.07, 6.45) is 3.97. The molecule has 0 unspecified atom stereocenters. The first kappa shape index (κ1) is 22.5. The molecule has 1 saturated heterocycles. The second-order valence-corrected chi connectivity index (χ2v) is 10.6. The molecule has 5 rings (SSSR count). The molecule has 1 fully saturated rings. The Bertz CT molecular complexity index is 1400. The number of hydrogen-bond donors (Lipinski definition) is 0. The highest BCUT2D eigenvalue weighted by atomic mass is 32.2. The summed E-state index contributed by atoms with van der Waals surface area (Å²) in [5, 5.41) is 1.14. The number of aliphatic imine (C=N–C) groups is 1.